The molecule has 1 N–H and O–H groups in total. The third kappa shape index (κ3) is 3.80. The van der Waals surface area contributed by atoms with E-state index in [1.54, 1.807) is 6.07 Å². The van der Waals surface area contributed by atoms with Crippen LogP contribution in [0.4, 0.5) is 4.39 Å². The van der Waals surface area contributed by atoms with Crippen LogP contribution in [0.3, 0.4) is 0 Å². The monoisotopic (exact) mass is 305 g/mol. The van der Waals surface area contributed by atoms with Crippen molar-refractivity contribution >= 4 is 17.3 Å². The smallest absolute Gasteiger partial charge is 0.355 e. The summed E-state index contributed by atoms with van der Waals surface area (Å²) in [4.78, 5) is 15.4. The van der Waals surface area contributed by atoms with E-state index in [0.29, 0.717) is 23.3 Å². The number of benzene rings is 1. The molecule has 0 amide bonds. The Morgan fingerprint density at radius 3 is 3.00 bits per heavy atom. The zero-order chi connectivity index (χ0) is 15.2. The highest BCUT2D eigenvalue weighted by molar-refractivity contribution is 7.09. The maximum Gasteiger partial charge on any atom is 0.355 e. The second-order valence-corrected chi connectivity index (χ2v) is 5.11. The van der Waals surface area contributed by atoms with Crippen LogP contribution in [-0.2, 0) is 6.42 Å². The van der Waals surface area contributed by atoms with Gasteiger partial charge in [-0.05, 0) is 31.0 Å². The van der Waals surface area contributed by atoms with Gasteiger partial charge in [0.1, 0.15) is 0 Å². The van der Waals surface area contributed by atoms with Crippen LogP contribution in [0.2, 0.25) is 0 Å². The van der Waals surface area contributed by atoms with Gasteiger partial charge in [-0.15, -0.1) is 17.8 Å². The van der Waals surface area contributed by atoms with Crippen LogP contribution < -0.4 is 4.74 Å². The molecule has 1 aromatic carbocycles. The fourth-order valence-electron chi connectivity index (χ4n) is 1.74. The number of halogens is 1. The third-order valence-electron chi connectivity index (χ3n) is 2.75. The number of aromatic carboxylic acids is 1. The van der Waals surface area contributed by atoms with Gasteiger partial charge in [0, 0.05) is 10.4 Å². The first kappa shape index (κ1) is 15.0. The van der Waals surface area contributed by atoms with Gasteiger partial charge in [0.2, 0.25) is 0 Å². The lowest BCUT2D eigenvalue weighted by atomic mass is 10.2. The maximum absolute atomic E-state index is 13.6. The van der Waals surface area contributed by atoms with Gasteiger partial charge in [-0.1, -0.05) is 5.92 Å². The zero-order valence-electron chi connectivity index (χ0n) is 11.0. The predicted molar refractivity (Wildman–Crippen MR) is 77.2 cm³/mol. The molecule has 4 nitrogen and oxygen atoms in total. The van der Waals surface area contributed by atoms with Gasteiger partial charge in [-0.3, -0.25) is 0 Å². The van der Waals surface area contributed by atoms with E-state index in [1.165, 1.54) is 29.0 Å². The van der Waals surface area contributed by atoms with E-state index < -0.39 is 11.8 Å². The summed E-state index contributed by atoms with van der Waals surface area (Å²) in [6.07, 6.45) is 6.27. The third-order valence-corrected chi connectivity index (χ3v) is 3.64. The van der Waals surface area contributed by atoms with Crippen molar-refractivity contribution in [3.05, 3.63) is 45.7 Å². The molecule has 0 aliphatic heterocycles. The number of nitrogens with zero attached hydrogens (tertiary/aromatic N) is 1. The molecule has 0 saturated heterocycles. The van der Waals surface area contributed by atoms with E-state index in [-0.39, 0.29) is 18.1 Å². The molecule has 108 valence electrons. The van der Waals surface area contributed by atoms with E-state index in [9.17, 15) is 9.18 Å². The van der Waals surface area contributed by atoms with Gasteiger partial charge in [0.15, 0.2) is 17.3 Å². The quantitative estimate of drug-likeness (QED) is 0.658. The fraction of sp³-hybridized carbons (Fsp3) is 0.200. The molecular weight excluding hydrogens is 293 g/mol. The van der Waals surface area contributed by atoms with Crippen LogP contribution in [0.15, 0.2) is 23.7 Å². The van der Waals surface area contributed by atoms with Crippen molar-refractivity contribution in [3.8, 4) is 18.1 Å². The Balaban J connectivity index is 1.86. The lowest BCUT2D eigenvalue weighted by molar-refractivity contribution is 0.0690. The first-order valence-corrected chi connectivity index (χ1v) is 7.04. The summed E-state index contributed by atoms with van der Waals surface area (Å²) in [5, 5.41) is 8.92. The molecule has 2 rings (SSSR count). The van der Waals surface area contributed by atoms with Gasteiger partial charge in [-0.2, -0.15) is 0 Å². The van der Waals surface area contributed by atoms with Gasteiger partial charge in [0.05, 0.1) is 12.1 Å². The number of terminal acetylenes is 1. The zero-order valence-corrected chi connectivity index (χ0v) is 11.8. The summed E-state index contributed by atoms with van der Waals surface area (Å²) in [5.74, 6) is 0.933. The first-order valence-electron chi connectivity index (χ1n) is 6.16. The van der Waals surface area contributed by atoms with E-state index >= 15 is 0 Å². The molecule has 0 aliphatic rings. The molecule has 0 saturated carbocycles. The number of ether oxygens (including phenoxy) is 1. The van der Waals surface area contributed by atoms with Crippen molar-refractivity contribution in [1.82, 2.24) is 4.98 Å². The molecule has 0 unspecified atom stereocenters. The average molecular weight is 305 g/mol. The van der Waals surface area contributed by atoms with Crippen LogP contribution in [0.1, 0.15) is 27.3 Å². The number of aryl methyl sites for hydroxylation is 1. The molecule has 1 aromatic heterocycles. The summed E-state index contributed by atoms with van der Waals surface area (Å²) in [7, 11) is 0. The second kappa shape index (κ2) is 6.86. The van der Waals surface area contributed by atoms with Crippen LogP contribution in [0.5, 0.6) is 5.75 Å². The maximum atomic E-state index is 13.6. The van der Waals surface area contributed by atoms with Crippen LogP contribution in [0.25, 0.3) is 0 Å². The summed E-state index contributed by atoms with van der Waals surface area (Å²) in [5.41, 5.74) is 2.03. The lowest BCUT2D eigenvalue weighted by Gasteiger charge is -2.07. The lowest BCUT2D eigenvalue weighted by Crippen LogP contribution is -2.04. The molecule has 6 heteroatoms. The molecule has 2 aromatic rings. The number of carboxylic acid groups (broad SMARTS) is 1. The van der Waals surface area contributed by atoms with Gasteiger partial charge >= 0.3 is 5.97 Å². The van der Waals surface area contributed by atoms with Crippen molar-refractivity contribution in [1.29, 1.82) is 0 Å². The topological polar surface area (TPSA) is 59.4 Å². The number of hydrogen-bond acceptors (Lipinski definition) is 4. The Bertz CT molecular complexity index is 690. The van der Waals surface area contributed by atoms with Crippen LogP contribution in [-0.4, -0.2) is 22.7 Å². The molecule has 0 atom stereocenters. The van der Waals surface area contributed by atoms with Gasteiger partial charge in [-0.25, -0.2) is 14.2 Å². The second-order valence-electron chi connectivity index (χ2n) is 4.17. The normalized spacial score (nSPS) is 10.1. The molecule has 1 heterocycles. The van der Waals surface area contributed by atoms with Crippen molar-refractivity contribution < 1.29 is 19.0 Å². The number of rotatable bonds is 6. The largest absolute Gasteiger partial charge is 0.491 e. The van der Waals surface area contributed by atoms with Gasteiger partial charge < -0.3 is 9.84 Å². The number of carboxylic acids is 1. The summed E-state index contributed by atoms with van der Waals surface area (Å²) in [6, 6.07) is 4.32. The molecule has 0 fully saturated rings. The van der Waals surface area contributed by atoms with Crippen molar-refractivity contribution in [2.45, 2.75) is 12.8 Å². The number of carbonyl (C=O) groups is 1. The average Bonchev–Trinajstić information content (AvgIpc) is 2.93. The Hall–Kier alpha value is -2.39. The van der Waals surface area contributed by atoms with Crippen LogP contribution >= 0.6 is 11.3 Å². The number of aromatic nitrogens is 1. The number of thiazole rings is 1. The Kier molecular flexibility index (Phi) is 4.90. The highest BCUT2D eigenvalue weighted by atomic mass is 32.1. The first-order chi connectivity index (χ1) is 10.1. The molecule has 0 radical (unpaired) electrons. The van der Waals surface area contributed by atoms with E-state index in [1.807, 2.05) is 0 Å². The summed E-state index contributed by atoms with van der Waals surface area (Å²) < 4.78 is 18.9. The minimum absolute atomic E-state index is 0.0737. The minimum atomic E-state index is -1.04. The van der Waals surface area contributed by atoms with E-state index in [4.69, 9.17) is 16.3 Å². The molecule has 0 spiro atoms. The molecule has 21 heavy (non-hydrogen) atoms. The highest BCUT2D eigenvalue weighted by Gasteiger charge is 2.13. The van der Waals surface area contributed by atoms with Crippen molar-refractivity contribution in [3.63, 3.8) is 0 Å². The van der Waals surface area contributed by atoms with Gasteiger partial charge in [0.25, 0.3) is 0 Å². The molecular formula is C15H12FNO3S. The minimum Gasteiger partial charge on any atom is -0.491 e. The standard InChI is InChI=1S/C15H12FNO3S/c1-2-10-5-6-12(11(16)8-10)20-7-3-4-13-14(15(18)19)17-9-21-13/h1,5-6,8-9H,3-4,7H2,(H,18,19). The Labute approximate surface area is 125 Å². The number of hydrogen-bond donors (Lipinski definition) is 1. The Morgan fingerprint density at radius 2 is 2.33 bits per heavy atom. The van der Waals surface area contributed by atoms with Crippen molar-refractivity contribution in [2.24, 2.45) is 0 Å². The summed E-state index contributed by atoms with van der Waals surface area (Å²) in [6.45, 7) is 0.281. The fourth-order valence-corrected chi connectivity index (χ4v) is 2.54. The van der Waals surface area contributed by atoms with E-state index in [2.05, 4.69) is 10.9 Å². The summed E-state index contributed by atoms with van der Waals surface area (Å²) >= 11 is 1.29. The Morgan fingerprint density at radius 1 is 1.52 bits per heavy atom. The van der Waals surface area contributed by atoms with E-state index in [0.717, 1.165) is 0 Å². The SMILES string of the molecule is C#Cc1ccc(OCCCc2scnc2C(=O)O)c(F)c1. The molecule has 0 bridgehead atoms. The molecule has 0 aliphatic carbocycles. The van der Waals surface area contributed by atoms with Crippen LogP contribution in [0, 0.1) is 18.2 Å². The van der Waals surface area contributed by atoms with Crippen molar-refractivity contribution in [2.75, 3.05) is 6.61 Å². The predicted octanol–water partition coefficient (Wildman–Crippen LogP) is 2.97. The highest BCUT2D eigenvalue weighted by Crippen LogP contribution is 2.19.